The number of esters is 2. The molecule has 0 spiro atoms. The number of fused-ring (bicyclic) bond motifs is 1. The number of carbonyl (C=O) groups excluding carboxylic acids is 6. The molecule has 0 aliphatic carbocycles. The molecule has 5 aromatic rings. The monoisotopic (exact) mass is 1270 g/mol. The molecular weight excluding hydrogens is 1190 g/mol. The molecule has 0 radical (unpaired) electrons. The highest BCUT2D eigenvalue weighted by atomic mass is 35.5. The fourth-order valence-corrected chi connectivity index (χ4v) is 12.3. The van der Waals surface area contributed by atoms with Gasteiger partial charge in [-0.25, -0.2) is 19.4 Å². The predicted molar refractivity (Wildman–Crippen MR) is 333 cm³/mol. The number of Topliss-reactive ketones (excluding diaryl/α,β-unsaturated/α-hetero) is 1. The molecule has 24 heteroatoms. The number of nitrogens with zero attached hydrogens (tertiary/aromatic N) is 4. The first kappa shape index (κ1) is 66.1. The van der Waals surface area contributed by atoms with E-state index in [-0.39, 0.29) is 71.4 Å². The molecule has 3 aliphatic rings. The number of anilines is 1. The number of ketones is 1. The summed E-state index contributed by atoms with van der Waals surface area (Å²) in [4.78, 5) is 95.8. The third kappa shape index (κ3) is 17.1. The predicted octanol–water partition coefficient (Wildman–Crippen LogP) is 10.7. The molecule has 1 aromatic heterocycles. The lowest BCUT2D eigenvalue weighted by Crippen LogP contribution is -2.63. The number of halogens is 1. The van der Waals surface area contributed by atoms with E-state index in [1.165, 1.54) is 35.9 Å². The highest BCUT2D eigenvalue weighted by molar-refractivity contribution is 8.00. The van der Waals surface area contributed by atoms with Crippen molar-refractivity contribution in [1.29, 1.82) is 0 Å². The van der Waals surface area contributed by atoms with Crippen molar-refractivity contribution in [2.45, 2.75) is 117 Å². The quantitative estimate of drug-likeness (QED) is 0.0131. The van der Waals surface area contributed by atoms with Crippen LogP contribution in [-0.4, -0.2) is 138 Å². The van der Waals surface area contributed by atoms with Crippen LogP contribution in [0.4, 0.5) is 9.93 Å². The lowest BCUT2D eigenvalue weighted by molar-refractivity contribution is -0.911. The number of hydrogen-bond donors (Lipinski definition) is 2. The highest BCUT2D eigenvalue weighted by Gasteiger charge is 2.55. The van der Waals surface area contributed by atoms with Crippen molar-refractivity contribution in [3.63, 3.8) is 0 Å². The Labute approximate surface area is 525 Å². The Balaban J connectivity index is 1.02. The number of hydrogen-bond acceptors (Lipinski definition) is 19. The highest BCUT2D eigenvalue weighted by Crippen LogP contribution is 2.47. The van der Waals surface area contributed by atoms with Gasteiger partial charge in [0, 0.05) is 36.0 Å². The summed E-state index contributed by atoms with van der Waals surface area (Å²) in [5.41, 5.74) is -0.276. The van der Waals surface area contributed by atoms with Crippen LogP contribution in [0.1, 0.15) is 107 Å². The van der Waals surface area contributed by atoms with E-state index in [0.717, 1.165) is 48.4 Å². The van der Waals surface area contributed by atoms with Gasteiger partial charge in [-0.2, -0.15) is 0 Å². The summed E-state index contributed by atoms with van der Waals surface area (Å²) in [7, 11) is 4.74. The van der Waals surface area contributed by atoms with Gasteiger partial charge < -0.3 is 52.5 Å². The largest absolute Gasteiger partial charge is 0.497 e. The Bertz CT molecular complexity index is 3410. The third-order valence-electron chi connectivity index (χ3n) is 14.5. The molecule has 2 fully saturated rings. The second-order valence-corrected chi connectivity index (χ2v) is 26.2. The van der Waals surface area contributed by atoms with E-state index in [2.05, 4.69) is 20.8 Å². The zero-order chi connectivity index (χ0) is 63.6. The zero-order valence-electron chi connectivity index (χ0n) is 51.4. The maximum atomic E-state index is 14.7. The molecule has 3 amide bonds. The molecule has 3 aliphatic heterocycles. The molecule has 2 saturated heterocycles. The Morgan fingerprint density at radius 3 is 1.89 bits per heavy atom. The normalized spacial score (nSPS) is 16.6. The van der Waals surface area contributed by atoms with E-state index in [0.29, 0.717) is 57.5 Å². The molecule has 0 bridgehead atoms. The average Bonchev–Trinajstić information content (AvgIpc) is 0.831. The summed E-state index contributed by atoms with van der Waals surface area (Å²) in [6.45, 7) is 15.9. The second kappa shape index (κ2) is 28.5. The lowest BCUT2D eigenvalue weighted by atomic mass is 9.89. The van der Waals surface area contributed by atoms with E-state index in [4.69, 9.17) is 54.3 Å². The van der Waals surface area contributed by atoms with Gasteiger partial charge in [0.25, 0.3) is 5.91 Å². The van der Waals surface area contributed by atoms with Gasteiger partial charge >= 0.3 is 18.0 Å². The SMILES string of the molecule is COc1ccc(COC(=O)C2=C(C[N+]3(CCNC(=O)c4ccc(OCc5ccc(OC)cc5)c(OCc5ccc(OC)cc5)c4Cl)CCCC3)CS[C@@H]3[C@H](CC(=O)/C(=N\OC(C)(C)C(=O)OC(C)(C)C)c4csc(NC(=O)OC(C)(C)C)n4)C(=O)N23)cc1. The number of ether oxygens (including phenoxy) is 8. The van der Waals surface area contributed by atoms with Gasteiger partial charge in [-0.1, -0.05) is 53.2 Å². The number of amides is 3. The third-order valence-corrected chi connectivity index (χ3v) is 17.0. The number of quaternary nitrogens is 1. The standard InChI is InChI=1S/C64H75ClN6O15S2/c1-62(2,3)84-59(76)64(7,8)86-69-52(48-38-88-60(67-48)68-61(77)85-63(4,5)6)49(72)32-47-56(74)70-53(58(75)83-36-41-18-24-45(80-11)25-19-41)42(37-87-57(47)70)33-71(29-12-13-30-71)31-28-66-55(73)46-26-27-50(81-34-39-14-20-43(78-9)21-15-39)54(51(46)65)82-35-40-16-22-44(79-10)23-17-40/h14-27,38,47,57H,12-13,28-37H2,1-11H3,(H-,66,67,68,73,77)/p+1/b69-52-/t47-,57-/m1/s1. The van der Waals surface area contributed by atoms with Crippen molar-refractivity contribution < 1.29 is 76.0 Å². The molecule has 4 aromatic carbocycles. The summed E-state index contributed by atoms with van der Waals surface area (Å²) in [6, 6.07) is 25.2. The number of nitrogens with one attached hydrogen (secondary N) is 2. The Hall–Kier alpha value is -7.86. The first-order valence-electron chi connectivity index (χ1n) is 28.7. The number of thioether (sulfide) groups is 1. The summed E-state index contributed by atoms with van der Waals surface area (Å²) < 4.78 is 46.0. The van der Waals surface area contributed by atoms with E-state index in [9.17, 15) is 28.8 Å². The number of aromatic nitrogens is 1. The van der Waals surface area contributed by atoms with E-state index < -0.39 is 63.7 Å². The van der Waals surface area contributed by atoms with Crippen LogP contribution in [0.2, 0.25) is 5.02 Å². The van der Waals surface area contributed by atoms with E-state index in [1.54, 1.807) is 99.3 Å². The number of likely N-dealkylation sites (tertiary alicyclic amines) is 1. The first-order chi connectivity index (χ1) is 41.8. The molecule has 0 saturated carbocycles. The van der Waals surface area contributed by atoms with Crippen molar-refractivity contribution in [3.8, 4) is 28.7 Å². The molecule has 470 valence electrons. The molecule has 21 nitrogen and oxygen atoms in total. The smallest absolute Gasteiger partial charge is 0.413 e. The Morgan fingerprint density at radius 2 is 1.32 bits per heavy atom. The number of oxime groups is 1. The summed E-state index contributed by atoms with van der Waals surface area (Å²) in [5, 5.41) is 10.8. The number of rotatable bonds is 26. The van der Waals surface area contributed by atoms with Crippen molar-refractivity contribution in [1.82, 2.24) is 15.2 Å². The molecular formula is C64H76ClN6O15S2+. The van der Waals surface area contributed by atoms with Crippen molar-refractivity contribution in [2.24, 2.45) is 11.1 Å². The Morgan fingerprint density at radius 1 is 0.750 bits per heavy atom. The maximum absolute atomic E-state index is 14.7. The maximum Gasteiger partial charge on any atom is 0.413 e. The van der Waals surface area contributed by atoms with Gasteiger partial charge in [0.2, 0.25) is 11.5 Å². The van der Waals surface area contributed by atoms with Gasteiger partial charge in [0.15, 0.2) is 28.1 Å². The average molecular weight is 1270 g/mol. The number of methoxy groups -OCH3 is 3. The minimum absolute atomic E-state index is 0.00795. The van der Waals surface area contributed by atoms with Crippen LogP contribution in [-0.2, 0) is 58.0 Å². The van der Waals surface area contributed by atoms with E-state index >= 15 is 0 Å². The van der Waals surface area contributed by atoms with Crippen LogP contribution in [0.5, 0.6) is 28.7 Å². The molecule has 2 N–H and O–H groups in total. The number of benzene rings is 4. The topological polar surface area (TPSA) is 238 Å². The number of β-lactam (4-membered cyclic amide) rings is 1. The number of thiazole rings is 1. The van der Waals surface area contributed by atoms with Gasteiger partial charge in [0.05, 0.1) is 69.4 Å². The summed E-state index contributed by atoms with van der Waals surface area (Å²) in [5.74, 6) is -1.06. The summed E-state index contributed by atoms with van der Waals surface area (Å²) in [6.07, 6.45) is 0.626. The first-order valence-corrected chi connectivity index (χ1v) is 31.0. The van der Waals surface area contributed by atoms with Crippen molar-refractivity contribution in [2.75, 3.05) is 65.1 Å². The van der Waals surface area contributed by atoms with Crippen LogP contribution in [0, 0.1) is 5.92 Å². The summed E-state index contributed by atoms with van der Waals surface area (Å²) >= 11 is 9.50. The zero-order valence-corrected chi connectivity index (χ0v) is 53.8. The molecule has 4 heterocycles. The van der Waals surface area contributed by atoms with Crippen LogP contribution in [0.25, 0.3) is 0 Å². The van der Waals surface area contributed by atoms with Gasteiger partial charge in [-0.05, 0) is 121 Å². The van der Waals surface area contributed by atoms with Crippen molar-refractivity contribution >= 4 is 81.2 Å². The van der Waals surface area contributed by atoms with Gasteiger partial charge in [-0.3, -0.25) is 24.6 Å². The molecule has 8 rings (SSSR count). The van der Waals surface area contributed by atoms with Crippen LogP contribution >= 0.6 is 34.7 Å². The molecule has 2 atom stereocenters. The lowest BCUT2D eigenvalue weighted by Gasteiger charge is -2.50. The minimum atomic E-state index is -1.67. The van der Waals surface area contributed by atoms with Gasteiger partial charge in [0.1, 0.15) is 66.2 Å². The fraction of sp³-hybridized carbons (Fsp3) is 0.438. The fourth-order valence-electron chi connectivity index (χ4n) is 9.93. The molecule has 0 unspecified atom stereocenters. The van der Waals surface area contributed by atoms with Crippen molar-refractivity contribution in [3.05, 3.63) is 135 Å². The van der Waals surface area contributed by atoms with Gasteiger partial charge in [-0.15, -0.1) is 23.1 Å². The second-order valence-electron chi connectivity index (χ2n) is 23.9. The minimum Gasteiger partial charge on any atom is -0.497 e. The van der Waals surface area contributed by atoms with Crippen LogP contribution < -0.4 is 34.3 Å². The molecule has 88 heavy (non-hydrogen) atoms. The van der Waals surface area contributed by atoms with E-state index in [1.807, 2.05) is 48.5 Å². The Kier molecular flexibility index (Phi) is 21.4. The van der Waals surface area contributed by atoms with Crippen LogP contribution in [0.15, 0.2) is 107 Å². The van der Waals surface area contributed by atoms with Crippen LogP contribution in [0.3, 0.4) is 0 Å². The number of carbonyl (C=O) groups is 6.